The number of hydrogen-bond acceptors (Lipinski definition) is 4. The third-order valence-corrected chi connectivity index (χ3v) is 4.95. The Kier molecular flexibility index (Phi) is 3.80. The third kappa shape index (κ3) is 2.60. The Labute approximate surface area is 125 Å². The molecule has 2 fully saturated rings. The van der Waals surface area contributed by atoms with Crippen LogP contribution in [0.4, 0.5) is 0 Å². The number of nitrogens with zero attached hydrogens (tertiary/aromatic N) is 1. The van der Waals surface area contributed by atoms with Gasteiger partial charge in [0.1, 0.15) is 5.76 Å². The fraction of sp³-hybridized carbons (Fsp3) is 0.688. The van der Waals surface area contributed by atoms with Gasteiger partial charge in [0.15, 0.2) is 0 Å². The predicted octanol–water partition coefficient (Wildman–Crippen LogP) is 1.64. The van der Waals surface area contributed by atoms with E-state index in [2.05, 4.69) is 24.1 Å². The monoisotopic (exact) mass is 292 g/mol. The molecule has 0 radical (unpaired) electrons. The predicted molar refractivity (Wildman–Crippen MR) is 78.6 cm³/mol. The van der Waals surface area contributed by atoms with E-state index in [0.717, 1.165) is 18.8 Å². The molecule has 1 amide bonds. The van der Waals surface area contributed by atoms with E-state index in [-0.39, 0.29) is 11.3 Å². The molecule has 0 spiro atoms. The van der Waals surface area contributed by atoms with Gasteiger partial charge in [-0.2, -0.15) is 0 Å². The Morgan fingerprint density at radius 2 is 2.33 bits per heavy atom. The first-order chi connectivity index (χ1) is 10.00. The summed E-state index contributed by atoms with van der Waals surface area (Å²) in [6.45, 7) is 6.19. The molecular weight excluding hydrogens is 268 g/mol. The molecule has 5 heteroatoms. The number of amides is 1. The third-order valence-electron chi connectivity index (χ3n) is 4.95. The molecule has 5 nitrogen and oxygen atoms in total. The highest BCUT2D eigenvalue weighted by atomic mass is 16.5. The van der Waals surface area contributed by atoms with Crippen molar-refractivity contribution < 1.29 is 13.9 Å². The molecule has 116 valence electrons. The Balaban J connectivity index is 1.51. The number of likely N-dealkylation sites (N-methyl/N-ethyl adjacent to an activating group) is 1. The van der Waals surface area contributed by atoms with Crippen LogP contribution in [0, 0.1) is 11.3 Å². The van der Waals surface area contributed by atoms with Crippen molar-refractivity contribution in [1.29, 1.82) is 0 Å². The zero-order chi connectivity index (χ0) is 15.0. The minimum absolute atomic E-state index is 0.0343. The van der Waals surface area contributed by atoms with E-state index < -0.39 is 0 Å². The maximum Gasteiger partial charge on any atom is 0.234 e. The number of nitrogens with one attached hydrogen (secondary N) is 1. The second-order valence-corrected chi connectivity index (χ2v) is 6.78. The van der Waals surface area contributed by atoms with Crippen LogP contribution in [0.1, 0.15) is 26.0 Å². The molecule has 0 bridgehead atoms. The van der Waals surface area contributed by atoms with Crippen molar-refractivity contribution in [2.75, 3.05) is 20.2 Å². The molecule has 0 aromatic carbocycles. The quantitative estimate of drug-likeness (QED) is 0.896. The van der Waals surface area contributed by atoms with Gasteiger partial charge in [-0.15, -0.1) is 0 Å². The van der Waals surface area contributed by atoms with E-state index in [4.69, 9.17) is 9.15 Å². The number of ether oxygens (including phenoxy) is 1. The Morgan fingerprint density at radius 3 is 3.05 bits per heavy atom. The van der Waals surface area contributed by atoms with Gasteiger partial charge >= 0.3 is 0 Å². The van der Waals surface area contributed by atoms with Crippen LogP contribution in [-0.4, -0.2) is 43.2 Å². The molecule has 3 rings (SSSR count). The fourth-order valence-corrected chi connectivity index (χ4v) is 4.17. The molecule has 2 heterocycles. The van der Waals surface area contributed by atoms with Gasteiger partial charge < -0.3 is 14.5 Å². The molecule has 21 heavy (non-hydrogen) atoms. The second kappa shape index (κ2) is 5.46. The van der Waals surface area contributed by atoms with Gasteiger partial charge in [0.25, 0.3) is 0 Å². The van der Waals surface area contributed by atoms with Crippen LogP contribution < -0.4 is 5.32 Å². The number of carbonyl (C=O) groups excluding carboxylic acids is 1. The van der Waals surface area contributed by atoms with E-state index in [0.29, 0.717) is 31.2 Å². The zero-order valence-electron chi connectivity index (χ0n) is 13.0. The average Bonchev–Trinajstić information content (AvgIpc) is 3.05. The summed E-state index contributed by atoms with van der Waals surface area (Å²) in [4.78, 5) is 14.2. The second-order valence-electron chi connectivity index (χ2n) is 6.78. The van der Waals surface area contributed by atoms with Crippen molar-refractivity contribution in [3.8, 4) is 0 Å². The number of fused-ring (bicyclic) bond motifs is 1. The fourth-order valence-electron chi connectivity index (χ4n) is 4.17. The lowest BCUT2D eigenvalue weighted by atomic mass is 9.57. The highest BCUT2D eigenvalue weighted by Crippen LogP contribution is 2.54. The molecule has 0 unspecified atom stereocenters. The standard InChI is InChI=1S/C16H24N2O3/c1-16(2)14(12-6-8-21-15(12)16)18(3)10-13(19)17-9-11-5-4-7-20-11/h4-5,7,12,14-15H,6,8-10H2,1-3H3,(H,17,19)/t12-,14+,15+/m0/s1. The summed E-state index contributed by atoms with van der Waals surface area (Å²) in [7, 11) is 2.04. The molecule has 1 saturated carbocycles. The first kappa shape index (κ1) is 14.6. The smallest absolute Gasteiger partial charge is 0.234 e. The Bertz CT molecular complexity index is 498. The van der Waals surface area contributed by atoms with Crippen molar-refractivity contribution in [3.63, 3.8) is 0 Å². The maximum absolute atomic E-state index is 12.1. The molecule has 1 N–H and O–H groups in total. The molecule has 1 saturated heterocycles. The SMILES string of the molecule is CN(CC(=O)NCc1ccco1)[C@@H]1[C@@H]2CCO[C@H]2C1(C)C. The van der Waals surface area contributed by atoms with Crippen LogP contribution in [0.15, 0.2) is 22.8 Å². The lowest BCUT2D eigenvalue weighted by molar-refractivity contribution is -0.154. The summed E-state index contributed by atoms with van der Waals surface area (Å²) in [5.74, 6) is 1.38. The van der Waals surface area contributed by atoms with Crippen molar-refractivity contribution in [2.45, 2.75) is 39.0 Å². The normalized spacial score (nSPS) is 30.0. The molecular formula is C16H24N2O3. The molecule has 2 aliphatic rings. The van der Waals surface area contributed by atoms with Crippen molar-refractivity contribution in [2.24, 2.45) is 11.3 Å². The lowest BCUT2D eigenvalue weighted by Crippen LogP contribution is -2.66. The van der Waals surface area contributed by atoms with E-state index in [1.165, 1.54) is 0 Å². The van der Waals surface area contributed by atoms with Gasteiger partial charge in [0.2, 0.25) is 5.91 Å². The summed E-state index contributed by atoms with van der Waals surface area (Å²) < 4.78 is 11.0. The van der Waals surface area contributed by atoms with Gasteiger partial charge in [-0.25, -0.2) is 0 Å². The summed E-state index contributed by atoms with van der Waals surface area (Å²) in [6.07, 6.45) is 3.08. The minimum atomic E-state index is 0.0343. The highest BCUT2D eigenvalue weighted by Gasteiger charge is 2.60. The summed E-state index contributed by atoms with van der Waals surface area (Å²) in [5, 5.41) is 2.90. The van der Waals surface area contributed by atoms with Crippen molar-refractivity contribution >= 4 is 5.91 Å². The topological polar surface area (TPSA) is 54.7 Å². The highest BCUT2D eigenvalue weighted by molar-refractivity contribution is 5.78. The van der Waals surface area contributed by atoms with Gasteiger partial charge in [-0.1, -0.05) is 13.8 Å². The van der Waals surface area contributed by atoms with Crippen LogP contribution >= 0.6 is 0 Å². The molecule has 1 aliphatic heterocycles. The number of carbonyl (C=O) groups is 1. The van der Waals surface area contributed by atoms with Crippen LogP contribution in [0.2, 0.25) is 0 Å². The van der Waals surface area contributed by atoms with Crippen LogP contribution in [0.25, 0.3) is 0 Å². The number of furan rings is 1. The largest absolute Gasteiger partial charge is 0.467 e. The Hall–Kier alpha value is -1.33. The van der Waals surface area contributed by atoms with Gasteiger partial charge in [0.05, 0.1) is 25.5 Å². The van der Waals surface area contributed by atoms with Crippen LogP contribution in [0.3, 0.4) is 0 Å². The van der Waals surface area contributed by atoms with Crippen molar-refractivity contribution in [3.05, 3.63) is 24.2 Å². The number of rotatable bonds is 5. The molecule has 3 atom stereocenters. The van der Waals surface area contributed by atoms with Gasteiger partial charge in [-0.05, 0) is 25.6 Å². The summed E-state index contributed by atoms with van der Waals surface area (Å²) in [5.41, 5.74) is 0.122. The average molecular weight is 292 g/mol. The van der Waals surface area contributed by atoms with Crippen molar-refractivity contribution in [1.82, 2.24) is 10.2 Å². The zero-order valence-corrected chi connectivity index (χ0v) is 13.0. The van der Waals surface area contributed by atoms with Gasteiger partial charge in [0, 0.05) is 24.0 Å². The van der Waals surface area contributed by atoms with Gasteiger partial charge in [-0.3, -0.25) is 9.69 Å². The van der Waals surface area contributed by atoms with Crippen LogP contribution in [-0.2, 0) is 16.1 Å². The van der Waals surface area contributed by atoms with E-state index in [1.807, 2.05) is 19.2 Å². The maximum atomic E-state index is 12.1. The Morgan fingerprint density at radius 1 is 1.52 bits per heavy atom. The molecule has 1 aromatic heterocycles. The van der Waals surface area contributed by atoms with E-state index in [1.54, 1.807) is 6.26 Å². The molecule has 1 aliphatic carbocycles. The van der Waals surface area contributed by atoms with E-state index >= 15 is 0 Å². The summed E-state index contributed by atoms with van der Waals surface area (Å²) >= 11 is 0. The van der Waals surface area contributed by atoms with Crippen LogP contribution in [0.5, 0.6) is 0 Å². The number of hydrogen-bond donors (Lipinski definition) is 1. The summed E-state index contributed by atoms with van der Waals surface area (Å²) in [6, 6.07) is 4.10. The lowest BCUT2D eigenvalue weighted by Gasteiger charge is -2.57. The first-order valence-electron chi connectivity index (χ1n) is 7.61. The van der Waals surface area contributed by atoms with E-state index in [9.17, 15) is 4.79 Å². The molecule has 1 aromatic rings. The first-order valence-corrected chi connectivity index (χ1v) is 7.61. The minimum Gasteiger partial charge on any atom is -0.467 e.